The second-order valence-electron chi connectivity index (χ2n) is 5.60. The van der Waals surface area contributed by atoms with E-state index in [4.69, 9.17) is 4.84 Å². The molecule has 0 spiro atoms. The zero-order valence-electron chi connectivity index (χ0n) is 12.5. The van der Waals surface area contributed by atoms with Crippen LogP contribution >= 0.6 is 0 Å². The molecule has 0 saturated carbocycles. The summed E-state index contributed by atoms with van der Waals surface area (Å²) >= 11 is 0. The molecule has 0 fully saturated rings. The topological polar surface area (TPSA) is 53.9 Å². The zero-order chi connectivity index (χ0) is 15.5. The van der Waals surface area contributed by atoms with Gasteiger partial charge in [0.25, 0.3) is 5.91 Å². The van der Waals surface area contributed by atoms with Crippen LogP contribution in [0.1, 0.15) is 18.9 Å². The van der Waals surface area contributed by atoms with E-state index in [1.807, 2.05) is 19.0 Å². The Hall–Kier alpha value is -1.95. The fourth-order valence-corrected chi connectivity index (χ4v) is 2.04. The van der Waals surface area contributed by atoms with E-state index in [9.17, 15) is 9.18 Å². The largest absolute Gasteiger partial charge is 0.379 e. The number of halogens is 1. The van der Waals surface area contributed by atoms with Crippen molar-refractivity contribution in [2.45, 2.75) is 18.9 Å². The predicted molar refractivity (Wildman–Crippen MR) is 78.6 cm³/mol. The molecule has 1 aliphatic rings. The Morgan fingerprint density at radius 2 is 2.10 bits per heavy atom. The van der Waals surface area contributed by atoms with Crippen LogP contribution in [0.4, 0.5) is 4.39 Å². The van der Waals surface area contributed by atoms with Gasteiger partial charge < -0.3 is 15.1 Å². The summed E-state index contributed by atoms with van der Waals surface area (Å²) in [6.45, 7) is 3.02. The Labute approximate surface area is 123 Å². The van der Waals surface area contributed by atoms with E-state index >= 15 is 0 Å². The van der Waals surface area contributed by atoms with E-state index in [0.717, 1.165) is 12.1 Å². The molecule has 1 amide bonds. The fourth-order valence-electron chi connectivity index (χ4n) is 2.04. The van der Waals surface area contributed by atoms with Gasteiger partial charge in [-0.15, -0.1) is 0 Å². The molecule has 0 bridgehead atoms. The molecule has 1 N–H and O–H groups in total. The maximum atomic E-state index is 12.9. The van der Waals surface area contributed by atoms with Crippen LogP contribution in [-0.2, 0) is 9.63 Å². The Kier molecular flexibility index (Phi) is 4.57. The average Bonchev–Trinajstić information content (AvgIpc) is 2.83. The molecule has 2 rings (SSSR count). The van der Waals surface area contributed by atoms with E-state index in [2.05, 4.69) is 10.5 Å². The summed E-state index contributed by atoms with van der Waals surface area (Å²) < 4.78 is 12.9. The Bertz CT molecular complexity index is 542. The van der Waals surface area contributed by atoms with Gasteiger partial charge >= 0.3 is 0 Å². The van der Waals surface area contributed by atoms with Gasteiger partial charge in [-0.25, -0.2) is 4.39 Å². The fraction of sp³-hybridized carbons (Fsp3) is 0.467. The smallest absolute Gasteiger partial charge is 0.267 e. The second kappa shape index (κ2) is 6.22. The third-order valence-electron chi connectivity index (χ3n) is 3.36. The molecule has 0 aromatic heterocycles. The van der Waals surface area contributed by atoms with Crippen LogP contribution in [0.15, 0.2) is 29.4 Å². The minimum atomic E-state index is -1.00. The molecule has 1 aromatic rings. The van der Waals surface area contributed by atoms with Gasteiger partial charge in [-0.3, -0.25) is 4.79 Å². The first kappa shape index (κ1) is 15.4. The molecule has 21 heavy (non-hydrogen) atoms. The molecule has 0 saturated heterocycles. The first-order chi connectivity index (χ1) is 9.90. The summed E-state index contributed by atoms with van der Waals surface area (Å²) in [5, 5.41) is 6.81. The summed E-state index contributed by atoms with van der Waals surface area (Å²) in [6, 6.07) is 6.00. The van der Waals surface area contributed by atoms with Crippen LogP contribution in [-0.4, -0.2) is 49.3 Å². The van der Waals surface area contributed by atoms with Crippen LogP contribution < -0.4 is 5.32 Å². The lowest BCUT2D eigenvalue weighted by Crippen LogP contribution is -2.46. The number of carbonyl (C=O) groups excluding carboxylic acids is 1. The van der Waals surface area contributed by atoms with Crippen molar-refractivity contribution in [3.8, 4) is 0 Å². The summed E-state index contributed by atoms with van der Waals surface area (Å²) in [7, 11) is 3.88. The van der Waals surface area contributed by atoms with Gasteiger partial charge in [0.15, 0.2) is 0 Å². The van der Waals surface area contributed by atoms with Gasteiger partial charge in [0.1, 0.15) is 5.82 Å². The number of benzene rings is 1. The number of hydrogen-bond donors (Lipinski definition) is 1. The van der Waals surface area contributed by atoms with E-state index in [-0.39, 0.29) is 11.7 Å². The summed E-state index contributed by atoms with van der Waals surface area (Å²) in [6.07, 6.45) is 0.367. The molecule has 1 aliphatic heterocycles. The highest BCUT2D eigenvalue weighted by molar-refractivity contribution is 6.05. The predicted octanol–water partition coefficient (Wildman–Crippen LogP) is 1.39. The number of carbonyl (C=O) groups is 1. The normalized spacial score (nSPS) is 21.1. The molecule has 1 heterocycles. The van der Waals surface area contributed by atoms with Crippen LogP contribution in [0.25, 0.3) is 0 Å². The summed E-state index contributed by atoms with van der Waals surface area (Å²) in [4.78, 5) is 19.5. The van der Waals surface area contributed by atoms with Crippen LogP contribution in [0.3, 0.4) is 0 Å². The lowest BCUT2D eigenvalue weighted by molar-refractivity contribution is -0.141. The highest BCUT2D eigenvalue weighted by atomic mass is 19.1. The standard InChI is InChI=1S/C15H20FN3O2/c1-15(14(20)17-8-9-19(2)3)10-13(18-21-15)11-4-6-12(16)7-5-11/h4-7H,8-10H2,1-3H3,(H,17,20)/t15-/m0/s1. The van der Waals surface area contributed by atoms with Crippen molar-refractivity contribution in [1.82, 2.24) is 10.2 Å². The van der Waals surface area contributed by atoms with Crippen molar-refractivity contribution < 1.29 is 14.0 Å². The molecule has 1 atom stereocenters. The molecule has 114 valence electrons. The third kappa shape index (κ3) is 3.78. The highest BCUT2D eigenvalue weighted by Crippen LogP contribution is 2.26. The van der Waals surface area contributed by atoms with Gasteiger partial charge in [-0.05, 0) is 38.7 Å². The van der Waals surface area contributed by atoms with Crippen molar-refractivity contribution >= 4 is 11.6 Å². The van der Waals surface area contributed by atoms with Crippen molar-refractivity contribution in [3.63, 3.8) is 0 Å². The Balaban J connectivity index is 1.95. The first-order valence-corrected chi connectivity index (χ1v) is 6.85. The Morgan fingerprint density at radius 1 is 1.43 bits per heavy atom. The summed E-state index contributed by atoms with van der Waals surface area (Å²) in [5.41, 5.74) is 0.414. The number of nitrogens with one attached hydrogen (secondary N) is 1. The maximum absolute atomic E-state index is 12.9. The molecule has 1 aromatic carbocycles. The lowest BCUT2D eigenvalue weighted by atomic mass is 9.95. The molecule has 0 aliphatic carbocycles. The quantitative estimate of drug-likeness (QED) is 0.892. The number of likely N-dealkylation sites (N-methyl/N-ethyl adjacent to an activating group) is 1. The molecule has 6 heteroatoms. The van der Waals surface area contributed by atoms with Gasteiger partial charge in [0.2, 0.25) is 5.60 Å². The molecular formula is C15H20FN3O2. The highest BCUT2D eigenvalue weighted by Gasteiger charge is 2.41. The van der Waals surface area contributed by atoms with E-state index < -0.39 is 5.60 Å². The molecular weight excluding hydrogens is 273 g/mol. The first-order valence-electron chi connectivity index (χ1n) is 6.85. The zero-order valence-corrected chi connectivity index (χ0v) is 12.5. The van der Waals surface area contributed by atoms with Crippen LogP contribution in [0.5, 0.6) is 0 Å². The SMILES string of the molecule is CN(C)CCNC(=O)[C@]1(C)CC(c2ccc(F)cc2)=NO1. The number of amides is 1. The maximum Gasteiger partial charge on any atom is 0.267 e. The van der Waals surface area contributed by atoms with Crippen LogP contribution in [0, 0.1) is 5.82 Å². The van der Waals surface area contributed by atoms with Gasteiger partial charge in [-0.1, -0.05) is 17.3 Å². The average molecular weight is 293 g/mol. The monoisotopic (exact) mass is 293 g/mol. The molecule has 5 nitrogen and oxygen atoms in total. The van der Waals surface area contributed by atoms with Gasteiger partial charge in [0, 0.05) is 19.5 Å². The third-order valence-corrected chi connectivity index (χ3v) is 3.36. The molecule has 0 unspecified atom stereocenters. The number of rotatable bonds is 5. The second-order valence-corrected chi connectivity index (χ2v) is 5.60. The van der Waals surface area contributed by atoms with Crippen molar-refractivity contribution in [2.24, 2.45) is 5.16 Å². The van der Waals surface area contributed by atoms with Gasteiger partial charge in [0.05, 0.1) is 5.71 Å². The van der Waals surface area contributed by atoms with E-state index in [1.165, 1.54) is 12.1 Å². The number of hydrogen-bond acceptors (Lipinski definition) is 4. The van der Waals surface area contributed by atoms with Crippen molar-refractivity contribution in [2.75, 3.05) is 27.2 Å². The minimum Gasteiger partial charge on any atom is -0.379 e. The van der Waals surface area contributed by atoms with E-state index in [1.54, 1.807) is 19.1 Å². The van der Waals surface area contributed by atoms with Crippen molar-refractivity contribution in [3.05, 3.63) is 35.6 Å². The Morgan fingerprint density at radius 3 is 2.71 bits per heavy atom. The summed E-state index contributed by atoms with van der Waals surface area (Å²) in [5.74, 6) is -0.493. The number of oxime groups is 1. The minimum absolute atomic E-state index is 0.190. The van der Waals surface area contributed by atoms with Gasteiger partial charge in [-0.2, -0.15) is 0 Å². The molecule has 0 radical (unpaired) electrons. The van der Waals surface area contributed by atoms with Crippen molar-refractivity contribution in [1.29, 1.82) is 0 Å². The lowest BCUT2D eigenvalue weighted by Gasteiger charge is -2.21. The van der Waals surface area contributed by atoms with Crippen LogP contribution in [0.2, 0.25) is 0 Å². The number of nitrogens with zero attached hydrogens (tertiary/aromatic N) is 2. The van der Waals surface area contributed by atoms with E-state index in [0.29, 0.717) is 18.7 Å².